The highest BCUT2D eigenvalue weighted by molar-refractivity contribution is 5.93. The van der Waals surface area contributed by atoms with Gasteiger partial charge in [0.15, 0.2) is 0 Å². The SMILES string of the molecule is COc1ccc(CCNC(=O)c2cnc(NC3CCCCC3)nc2)cc1. The van der Waals surface area contributed by atoms with Crippen LogP contribution >= 0.6 is 0 Å². The van der Waals surface area contributed by atoms with Crippen LogP contribution in [0, 0.1) is 0 Å². The number of carbonyl (C=O) groups is 1. The summed E-state index contributed by atoms with van der Waals surface area (Å²) >= 11 is 0. The molecule has 1 aliphatic rings. The monoisotopic (exact) mass is 354 g/mol. The summed E-state index contributed by atoms with van der Waals surface area (Å²) in [7, 11) is 1.65. The van der Waals surface area contributed by atoms with Gasteiger partial charge in [-0.15, -0.1) is 0 Å². The molecule has 1 aromatic heterocycles. The van der Waals surface area contributed by atoms with E-state index in [1.165, 1.54) is 19.3 Å². The van der Waals surface area contributed by atoms with Gasteiger partial charge in [-0.25, -0.2) is 9.97 Å². The van der Waals surface area contributed by atoms with Crippen LogP contribution in [-0.2, 0) is 6.42 Å². The second-order valence-corrected chi connectivity index (χ2v) is 6.63. The summed E-state index contributed by atoms with van der Waals surface area (Å²) in [5.74, 6) is 1.28. The van der Waals surface area contributed by atoms with E-state index in [-0.39, 0.29) is 5.91 Å². The summed E-state index contributed by atoms with van der Waals surface area (Å²) in [6, 6.07) is 8.29. The highest BCUT2D eigenvalue weighted by atomic mass is 16.5. The lowest BCUT2D eigenvalue weighted by Gasteiger charge is -2.22. The van der Waals surface area contributed by atoms with Crippen molar-refractivity contribution in [1.82, 2.24) is 15.3 Å². The first-order valence-electron chi connectivity index (χ1n) is 9.24. The Hall–Kier alpha value is -2.63. The summed E-state index contributed by atoms with van der Waals surface area (Å²) in [6.45, 7) is 0.563. The number of aromatic nitrogens is 2. The minimum atomic E-state index is -0.150. The third-order valence-corrected chi connectivity index (χ3v) is 4.71. The zero-order chi connectivity index (χ0) is 18.2. The number of nitrogens with zero attached hydrogens (tertiary/aromatic N) is 2. The Balaban J connectivity index is 1.45. The molecule has 6 heteroatoms. The maximum absolute atomic E-state index is 12.2. The molecule has 0 radical (unpaired) electrons. The molecular weight excluding hydrogens is 328 g/mol. The zero-order valence-electron chi connectivity index (χ0n) is 15.2. The average Bonchev–Trinajstić information content (AvgIpc) is 2.70. The standard InChI is InChI=1S/C20H26N4O2/c1-26-18-9-7-15(8-10-18)11-12-21-19(25)16-13-22-20(23-14-16)24-17-5-3-2-4-6-17/h7-10,13-14,17H,2-6,11-12H2,1H3,(H,21,25)(H,22,23,24). The summed E-state index contributed by atoms with van der Waals surface area (Å²) in [6.07, 6.45) is 10.1. The molecule has 1 heterocycles. The summed E-state index contributed by atoms with van der Waals surface area (Å²) in [5.41, 5.74) is 1.63. The van der Waals surface area contributed by atoms with Crippen LogP contribution in [0.15, 0.2) is 36.7 Å². The van der Waals surface area contributed by atoms with E-state index >= 15 is 0 Å². The van der Waals surface area contributed by atoms with Gasteiger partial charge in [0.25, 0.3) is 5.91 Å². The smallest absolute Gasteiger partial charge is 0.254 e. The van der Waals surface area contributed by atoms with Gasteiger partial charge in [0, 0.05) is 25.0 Å². The van der Waals surface area contributed by atoms with E-state index in [2.05, 4.69) is 20.6 Å². The molecule has 138 valence electrons. The van der Waals surface area contributed by atoms with Crippen LogP contribution in [0.3, 0.4) is 0 Å². The molecule has 0 atom stereocenters. The Morgan fingerprint density at radius 1 is 1.12 bits per heavy atom. The number of amides is 1. The van der Waals surface area contributed by atoms with E-state index in [0.29, 0.717) is 24.1 Å². The number of hydrogen-bond acceptors (Lipinski definition) is 5. The topological polar surface area (TPSA) is 76.1 Å². The Morgan fingerprint density at radius 3 is 2.46 bits per heavy atom. The third-order valence-electron chi connectivity index (χ3n) is 4.71. The van der Waals surface area contributed by atoms with Gasteiger partial charge in [-0.2, -0.15) is 0 Å². The van der Waals surface area contributed by atoms with Crippen molar-refractivity contribution in [2.45, 2.75) is 44.6 Å². The Labute approximate surface area is 154 Å². The van der Waals surface area contributed by atoms with Crippen molar-refractivity contribution in [3.8, 4) is 5.75 Å². The maximum atomic E-state index is 12.2. The minimum absolute atomic E-state index is 0.150. The van der Waals surface area contributed by atoms with Crippen LogP contribution in [0.25, 0.3) is 0 Å². The predicted octanol–water partition coefficient (Wildman–Crippen LogP) is 3.20. The Kier molecular flexibility index (Phi) is 6.41. The van der Waals surface area contributed by atoms with Crippen LogP contribution in [0.1, 0.15) is 48.0 Å². The van der Waals surface area contributed by atoms with E-state index in [1.807, 2.05) is 24.3 Å². The van der Waals surface area contributed by atoms with Crippen molar-refractivity contribution < 1.29 is 9.53 Å². The van der Waals surface area contributed by atoms with Crippen LogP contribution in [0.2, 0.25) is 0 Å². The Morgan fingerprint density at radius 2 is 1.81 bits per heavy atom. The molecular formula is C20H26N4O2. The second-order valence-electron chi connectivity index (χ2n) is 6.63. The number of ether oxygens (including phenoxy) is 1. The zero-order valence-corrected chi connectivity index (χ0v) is 15.2. The molecule has 1 saturated carbocycles. The van der Waals surface area contributed by atoms with E-state index in [1.54, 1.807) is 19.5 Å². The van der Waals surface area contributed by atoms with Gasteiger partial charge < -0.3 is 15.4 Å². The van der Waals surface area contributed by atoms with Crippen LogP contribution in [-0.4, -0.2) is 35.6 Å². The molecule has 1 aromatic carbocycles. The molecule has 3 rings (SSSR count). The third kappa shape index (κ3) is 5.18. The normalized spacial score (nSPS) is 14.7. The molecule has 0 aliphatic heterocycles. The predicted molar refractivity (Wildman–Crippen MR) is 102 cm³/mol. The van der Waals surface area contributed by atoms with Gasteiger partial charge in [-0.05, 0) is 37.0 Å². The first-order chi connectivity index (χ1) is 12.7. The molecule has 6 nitrogen and oxygen atoms in total. The number of carbonyl (C=O) groups excluding carboxylic acids is 1. The van der Waals surface area contributed by atoms with Gasteiger partial charge in [-0.1, -0.05) is 31.4 Å². The highest BCUT2D eigenvalue weighted by Crippen LogP contribution is 2.20. The molecule has 0 saturated heterocycles. The van der Waals surface area contributed by atoms with Crippen molar-refractivity contribution >= 4 is 11.9 Å². The second kappa shape index (κ2) is 9.17. The van der Waals surface area contributed by atoms with Crippen molar-refractivity contribution in [2.75, 3.05) is 19.0 Å². The molecule has 0 spiro atoms. The van der Waals surface area contributed by atoms with Gasteiger partial charge >= 0.3 is 0 Å². The van der Waals surface area contributed by atoms with Crippen LogP contribution < -0.4 is 15.4 Å². The molecule has 1 amide bonds. The Bertz CT molecular complexity index is 695. The fourth-order valence-electron chi connectivity index (χ4n) is 3.16. The van der Waals surface area contributed by atoms with Gasteiger partial charge in [0.05, 0.1) is 12.7 Å². The highest BCUT2D eigenvalue weighted by Gasteiger charge is 2.14. The lowest BCUT2D eigenvalue weighted by atomic mass is 9.96. The minimum Gasteiger partial charge on any atom is -0.497 e. The van der Waals surface area contributed by atoms with Crippen LogP contribution in [0.4, 0.5) is 5.95 Å². The van der Waals surface area contributed by atoms with Crippen molar-refractivity contribution in [3.05, 3.63) is 47.8 Å². The first kappa shape index (κ1) is 18.2. The van der Waals surface area contributed by atoms with Crippen molar-refractivity contribution in [1.29, 1.82) is 0 Å². The van der Waals surface area contributed by atoms with Gasteiger partial charge in [0.2, 0.25) is 5.95 Å². The number of benzene rings is 1. The fraction of sp³-hybridized carbons (Fsp3) is 0.450. The van der Waals surface area contributed by atoms with Gasteiger partial charge in [-0.3, -0.25) is 4.79 Å². The molecule has 26 heavy (non-hydrogen) atoms. The molecule has 2 aromatic rings. The number of hydrogen-bond donors (Lipinski definition) is 2. The molecule has 1 aliphatic carbocycles. The van der Waals surface area contributed by atoms with E-state index < -0.39 is 0 Å². The fourth-order valence-corrected chi connectivity index (χ4v) is 3.16. The summed E-state index contributed by atoms with van der Waals surface area (Å²) in [4.78, 5) is 20.8. The largest absolute Gasteiger partial charge is 0.497 e. The molecule has 1 fully saturated rings. The summed E-state index contributed by atoms with van der Waals surface area (Å²) in [5, 5.41) is 6.26. The number of rotatable bonds is 7. The van der Waals surface area contributed by atoms with E-state index in [9.17, 15) is 4.79 Å². The van der Waals surface area contributed by atoms with Gasteiger partial charge in [0.1, 0.15) is 5.75 Å². The summed E-state index contributed by atoms with van der Waals surface area (Å²) < 4.78 is 5.14. The first-order valence-corrected chi connectivity index (χ1v) is 9.24. The van der Waals surface area contributed by atoms with Crippen molar-refractivity contribution in [3.63, 3.8) is 0 Å². The van der Waals surface area contributed by atoms with Crippen molar-refractivity contribution in [2.24, 2.45) is 0 Å². The lowest BCUT2D eigenvalue weighted by Crippen LogP contribution is -2.26. The average molecular weight is 354 g/mol. The van der Waals surface area contributed by atoms with E-state index in [4.69, 9.17) is 4.74 Å². The number of nitrogens with one attached hydrogen (secondary N) is 2. The number of anilines is 1. The lowest BCUT2D eigenvalue weighted by molar-refractivity contribution is 0.0953. The number of methoxy groups -OCH3 is 1. The quantitative estimate of drug-likeness (QED) is 0.798. The van der Waals surface area contributed by atoms with Crippen LogP contribution in [0.5, 0.6) is 5.75 Å². The van der Waals surface area contributed by atoms with E-state index in [0.717, 1.165) is 30.6 Å². The molecule has 0 unspecified atom stereocenters. The molecule has 2 N–H and O–H groups in total. The maximum Gasteiger partial charge on any atom is 0.254 e. The molecule has 0 bridgehead atoms.